The summed E-state index contributed by atoms with van der Waals surface area (Å²) in [5.74, 6) is -6.20. The first-order valence-electron chi connectivity index (χ1n) is 11.8. The molecule has 1 heterocycles. The molecule has 1 aliphatic heterocycles. The van der Waals surface area contributed by atoms with E-state index in [-0.39, 0.29) is 0 Å². The molecule has 3 rings (SSSR count). The molecule has 192 valence electrons. The number of ketones is 1. The number of carbonyl (C=O) groups is 4. The van der Waals surface area contributed by atoms with Crippen LogP contribution >= 0.6 is 0 Å². The fraction of sp³-hybridized carbons (Fsp3) is 0.429. The van der Waals surface area contributed by atoms with E-state index in [4.69, 9.17) is 14.2 Å². The Bertz CT molecular complexity index is 1120. The number of benzene rings is 2. The minimum Gasteiger partial charge on any atom is -0.444 e. The fourth-order valence-corrected chi connectivity index (χ4v) is 4.04. The number of rotatable bonds is 6. The largest absolute Gasteiger partial charge is 0.444 e. The Morgan fingerprint density at radius 1 is 0.861 bits per heavy atom. The first-order chi connectivity index (χ1) is 16.6. The maximum absolute atomic E-state index is 13.7. The summed E-state index contributed by atoms with van der Waals surface area (Å²) in [7, 11) is 0. The predicted octanol–water partition coefficient (Wildman–Crippen LogP) is 4.55. The van der Waals surface area contributed by atoms with E-state index in [2.05, 4.69) is 5.32 Å². The molecule has 0 saturated carbocycles. The van der Waals surface area contributed by atoms with E-state index in [1.54, 1.807) is 34.6 Å². The third-order valence-corrected chi connectivity index (χ3v) is 5.85. The van der Waals surface area contributed by atoms with Gasteiger partial charge in [-0.05, 0) is 37.5 Å². The minimum atomic E-state index is -1.83. The third-order valence-electron chi connectivity index (χ3n) is 5.85. The van der Waals surface area contributed by atoms with Crippen molar-refractivity contribution in [2.24, 2.45) is 5.92 Å². The maximum Gasteiger partial charge on any atom is 0.408 e. The van der Waals surface area contributed by atoms with E-state index < -0.39 is 52.6 Å². The van der Waals surface area contributed by atoms with Gasteiger partial charge in [0.05, 0.1) is 0 Å². The van der Waals surface area contributed by atoms with Gasteiger partial charge in [-0.25, -0.2) is 4.79 Å². The van der Waals surface area contributed by atoms with Crippen LogP contribution in [0, 0.1) is 5.92 Å². The van der Waals surface area contributed by atoms with E-state index in [0.29, 0.717) is 5.56 Å². The van der Waals surface area contributed by atoms with Gasteiger partial charge in [-0.15, -0.1) is 0 Å². The molecule has 0 bridgehead atoms. The lowest BCUT2D eigenvalue weighted by molar-refractivity contribution is -0.238. The lowest BCUT2D eigenvalue weighted by Gasteiger charge is -2.38. The van der Waals surface area contributed by atoms with Crippen molar-refractivity contribution in [2.75, 3.05) is 0 Å². The highest BCUT2D eigenvalue weighted by Gasteiger charge is 2.52. The molecule has 1 amide bonds. The lowest BCUT2D eigenvalue weighted by atomic mass is 9.73. The summed E-state index contributed by atoms with van der Waals surface area (Å²) in [4.78, 5) is 51.7. The van der Waals surface area contributed by atoms with Gasteiger partial charge in [0.1, 0.15) is 11.6 Å². The summed E-state index contributed by atoms with van der Waals surface area (Å²) < 4.78 is 15.7. The molecule has 0 aliphatic carbocycles. The first kappa shape index (κ1) is 26.9. The predicted molar refractivity (Wildman–Crippen MR) is 133 cm³/mol. The molecule has 36 heavy (non-hydrogen) atoms. The average molecular weight is 496 g/mol. The van der Waals surface area contributed by atoms with Crippen molar-refractivity contribution in [3.8, 4) is 11.1 Å². The molecular weight excluding hydrogens is 462 g/mol. The second-order valence-electron chi connectivity index (χ2n) is 10.8. The second kappa shape index (κ2) is 9.76. The van der Waals surface area contributed by atoms with Crippen molar-refractivity contribution >= 4 is 23.8 Å². The van der Waals surface area contributed by atoms with E-state index in [0.717, 1.165) is 11.1 Å². The average Bonchev–Trinajstić information content (AvgIpc) is 2.75. The van der Waals surface area contributed by atoms with Crippen LogP contribution < -0.4 is 5.32 Å². The zero-order valence-corrected chi connectivity index (χ0v) is 21.7. The number of ether oxygens (including phenoxy) is 3. The fourth-order valence-electron chi connectivity index (χ4n) is 4.04. The zero-order chi connectivity index (χ0) is 26.9. The van der Waals surface area contributed by atoms with E-state index in [9.17, 15) is 19.2 Å². The van der Waals surface area contributed by atoms with Gasteiger partial charge >= 0.3 is 18.0 Å². The number of hydrogen-bond acceptors (Lipinski definition) is 7. The monoisotopic (exact) mass is 495 g/mol. The number of esters is 2. The number of alkyl carbamates (subject to hydrolysis) is 1. The van der Waals surface area contributed by atoms with Crippen LogP contribution in [0.1, 0.15) is 54.0 Å². The summed E-state index contributed by atoms with van der Waals surface area (Å²) in [5, 5.41) is 2.59. The van der Waals surface area contributed by atoms with Crippen LogP contribution in [0.2, 0.25) is 0 Å². The van der Waals surface area contributed by atoms with Crippen LogP contribution in [-0.2, 0) is 34.0 Å². The smallest absolute Gasteiger partial charge is 0.408 e. The molecule has 0 radical (unpaired) electrons. The van der Waals surface area contributed by atoms with Crippen molar-refractivity contribution in [3.63, 3.8) is 0 Å². The molecule has 1 aliphatic rings. The molecule has 1 fully saturated rings. The van der Waals surface area contributed by atoms with Crippen LogP contribution in [0.25, 0.3) is 11.1 Å². The topological polar surface area (TPSA) is 108 Å². The normalized spacial score (nSPS) is 17.0. The van der Waals surface area contributed by atoms with Crippen molar-refractivity contribution < 1.29 is 33.4 Å². The third kappa shape index (κ3) is 6.11. The van der Waals surface area contributed by atoms with Crippen LogP contribution in [0.4, 0.5) is 4.79 Å². The number of amides is 1. The van der Waals surface area contributed by atoms with Crippen LogP contribution in [0.15, 0.2) is 54.6 Å². The van der Waals surface area contributed by atoms with E-state index >= 15 is 0 Å². The Kier molecular flexibility index (Phi) is 7.30. The summed E-state index contributed by atoms with van der Waals surface area (Å²) in [6.45, 7) is 11.4. The molecule has 8 heteroatoms. The Morgan fingerprint density at radius 3 is 1.86 bits per heavy atom. The first-order valence-corrected chi connectivity index (χ1v) is 11.8. The molecule has 1 N–H and O–H groups in total. The highest BCUT2D eigenvalue weighted by molar-refractivity contribution is 6.18. The SMILES string of the molecule is CC(C)(C)OC(=O)NC(C(=O)C1C(=O)OC(C)(C)OC1=O)C(C)(C)c1ccc(-c2ccccc2)cc1. The number of nitrogens with one attached hydrogen (secondary N) is 1. The molecule has 1 saturated heterocycles. The molecular formula is C28H33NO7. The van der Waals surface area contributed by atoms with Gasteiger partial charge in [-0.2, -0.15) is 0 Å². The molecule has 1 unspecified atom stereocenters. The van der Waals surface area contributed by atoms with Crippen molar-refractivity contribution in [1.29, 1.82) is 0 Å². The Balaban J connectivity index is 1.97. The molecule has 0 aromatic heterocycles. The van der Waals surface area contributed by atoms with Crippen LogP contribution in [-0.4, -0.2) is 41.2 Å². The van der Waals surface area contributed by atoms with Crippen molar-refractivity contribution in [3.05, 3.63) is 60.2 Å². The van der Waals surface area contributed by atoms with Gasteiger partial charge in [-0.3, -0.25) is 14.4 Å². The Labute approximate surface area is 211 Å². The second-order valence-corrected chi connectivity index (χ2v) is 10.8. The summed E-state index contributed by atoms with van der Waals surface area (Å²) in [5.41, 5.74) is 0.828. The van der Waals surface area contributed by atoms with Gasteiger partial charge in [-0.1, -0.05) is 68.4 Å². The zero-order valence-electron chi connectivity index (χ0n) is 21.7. The van der Waals surface area contributed by atoms with Gasteiger partial charge in [0.15, 0.2) is 5.78 Å². The molecule has 0 spiro atoms. The van der Waals surface area contributed by atoms with Crippen molar-refractivity contribution in [1.82, 2.24) is 5.32 Å². The standard InChI is InChI=1S/C28H33NO7/c1-26(2,3)36-25(33)29-22(21(30)20-23(31)34-28(6,7)35-24(20)32)27(4,5)19-15-13-18(14-16-19)17-11-9-8-10-12-17/h8-16,20,22H,1-7H3,(H,29,33). The highest BCUT2D eigenvalue weighted by atomic mass is 16.7. The quantitative estimate of drug-likeness (QED) is 0.463. The number of Topliss-reactive ketones (excluding diaryl/α,β-unsaturated/α-hetero) is 1. The minimum absolute atomic E-state index is 0.703. The number of hydrogen-bond donors (Lipinski definition) is 1. The van der Waals surface area contributed by atoms with Gasteiger partial charge in [0.2, 0.25) is 5.92 Å². The summed E-state index contributed by atoms with van der Waals surface area (Å²) in [6.07, 6.45) is -0.854. The van der Waals surface area contributed by atoms with E-state index in [1.807, 2.05) is 54.6 Å². The molecule has 8 nitrogen and oxygen atoms in total. The van der Waals surface area contributed by atoms with Gasteiger partial charge < -0.3 is 19.5 Å². The van der Waals surface area contributed by atoms with Gasteiger partial charge in [0, 0.05) is 19.3 Å². The lowest BCUT2D eigenvalue weighted by Crippen LogP contribution is -2.59. The highest BCUT2D eigenvalue weighted by Crippen LogP contribution is 2.33. The summed E-state index contributed by atoms with van der Waals surface area (Å²) in [6, 6.07) is 16.0. The summed E-state index contributed by atoms with van der Waals surface area (Å²) >= 11 is 0. The Morgan fingerprint density at radius 2 is 1.36 bits per heavy atom. The number of carbonyl (C=O) groups excluding carboxylic acids is 4. The molecule has 2 aromatic rings. The number of cyclic esters (lactones) is 2. The molecule has 1 atom stereocenters. The van der Waals surface area contributed by atoms with E-state index in [1.165, 1.54) is 13.8 Å². The van der Waals surface area contributed by atoms with Gasteiger partial charge in [0.25, 0.3) is 5.79 Å². The Hall–Kier alpha value is -3.68. The van der Waals surface area contributed by atoms with Crippen LogP contribution in [0.3, 0.4) is 0 Å². The maximum atomic E-state index is 13.7. The molecule has 2 aromatic carbocycles. The van der Waals surface area contributed by atoms with Crippen molar-refractivity contribution in [2.45, 2.75) is 71.3 Å². The van der Waals surface area contributed by atoms with Crippen LogP contribution in [0.5, 0.6) is 0 Å².